The largest absolute Gasteiger partial charge is 2.00 e. The molecule has 30 nitrogen and oxygen atoms in total. The standard InChI is InChI=1S/3Mg.2H3O4P.22H2O/c;;;2*1-5(2,3)4;;;;;;;;;;;;;;;;;;;;;;/h;;;2*(H3,1,2,3,4);22*1H2/q3*+2;;;;;;;;;;;;;;;;;;;;;;;;/p-6. The van der Waals surface area contributed by atoms with E-state index in [1.807, 2.05) is 0 Å². The van der Waals surface area contributed by atoms with Crippen LogP contribution in [0, 0.1) is 0 Å². The molecule has 0 rings (SSSR count). The summed E-state index contributed by atoms with van der Waals surface area (Å²) in [6.45, 7) is 0. The first-order chi connectivity index (χ1) is 4.00. The maximum atomic E-state index is 8.55. The maximum Gasteiger partial charge on any atom is 2.00 e. The summed E-state index contributed by atoms with van der Waals surface area (Å²) in [5, 5.41) is 0. The van der Waals surface area contributed by atoms with Crippen molar-refractivity contribution in [1.29, 1.82) is 0 Å². The molecule has 0 spiro atoms. The van der Waals surface area contributed by atoms with E-state index in [0.717, 1.165) is 0 Å². The van der Waals surface area contributed by atoms with Gasteiger partial charge in [0.15, 0.2) is 0 Å². The average Bonchev–Trinajstić information content (AvgIpc) is 1.12. The summed E-state index contributed by atoms with van der Waals surface area (Å²) in [6, 6.07) is 0. The summed E-state index contributed by atoms with van der Waals surface area (Å²) in [5.41, 5.74) is 0. The predicted molar refractivity (Wildman–Crippen MR) is 112 cm³/mol. The minimum Gasteiger partial charge on any atom is -0.822 e. The first-order valence-electron chi connectivity index (χ1n) is 1.46. The van der Waals surface area contributed by atoms with Gasteiger partial charge < -0.3 is 159 Å². The quantitative estimate of drug-likeness (QED) is 0.177. The second-order valence-corrected chi connectivity index (χ2v) is 2.68. The summed E-state index contributed by atoms with van der Waals surface area (Å²) < 4.78 is 17.1. The minimum atomic E-state index is -5.39. The zero-order chi connectivity index (χ0) is 9.00. The Balaban J connectivity index is -0.000000000853. The molecule has 0 saturated heterocycles. The van der Waals surface area contributed by atoms with Gasteiger partial charge >= 0.3 is 69.2 Å². The van der Waals surface area contributed by atoms with Crippen molar-refractivity contribution < 1.29 is 159 Å². The van der Waals surface area contributed by atoms with Crippen molar-refractivity contribution >= 4 is 84.8 Å². The van der Waals surface area contributed by atoms with E-state index in [0.29, 0.717) is 0 Å². The van der Waals surface area contributed by atoms with Gasteiger partial charge in [-0.2, -0.15) is 15.6 Å². The minimum absolute atomic E-state index is 0. The van der Waals surface area contributed by atoms with Crippen LogP contribution in [-0.2, 0) is 9.13 Å². The number of phosphoric acid groups is 2. The van der Waals surface area contributed by atoms with Crippen molar-refractivity contribution in [3.8, 4) is 0 Å². The number of hydrogen-bond acceptors (Lipinski definition) is 8. The van der Waals surface area contributed by atoms with Crippen LogP contribution < -0.4 is 29.4 Å². The van der Waals surface area contributed by atoms with Crippen LogP contribution in [0.3, 0.4) is 0 Å². The SMILES string of the molecule is O.O.O.O.O.O.O.O.O.O.O.O.O.O.O.O.O.O.O.O.O.O.O=P([O-])([O-])[O-].O=P([O-])([O-])[O-].[Mg+2].[Mg+2].[Mg+2]. The van der Waals surface area contributed by atoms with Gasteiger partial charge in [0, 0.05) is 0 Å². The molecule has 240 valence electrons. The molecule has 0 aromatic carbocycles. The molecule has 0 aromatic heterocycles. The van der Waals surface area contributed by atoms with Gasteiger partial charge in [0.1, 0.15) is 0 Å². The Hall–Kier alpha value is 1.64. The van der Waals surface area contributed by atoms with Crippen LogP contribution in [0.15, 0.2) is 0 Å². The Morgan fingerprint density at radius 3 is 0.229 bits per heavy atom. The fraction of sp³-hybridized carbons (Fsp3) is 0. The van der Waals surface area contributed by atoms with E-state index in [4.69, 9.17) is 38.5 Å². The Bertz CT molecular complexity index is 138. The van der Waals surface area contributed by atoms with Crippen LogP contribution in [0.5, 0.6) is 0 Å². The van der Waals surface area contributed by atoms with E-state index in [2.05, 4.69) is 0 Å². The van der Waals surface area contributed by atoms with Crippen LogP contribution in [0.2, 0.25) is 0 Å². The van der Waals surface area contributed by atoms with Crippen molar-refractivity contribution in [2.24, 2.45) is 0 Å². The molecule has 0 bridgehead atoms. The Morgan fingerprint density at radius 2 is 0.229 bits per heavy atom. The fourth-order valence-electron chi connectivity index (χ4n) is 0. The van der Waals surface area contributed by atoms with Crippen molar-refractivity contribution in [3.05, 3.63) is 0 Å². The molecule has 0 atom stereocenters. The van der Waals surface area contributed by atoms with Crippen LogP contribution >= 0.6 is 15.6 Å². The maximum absolute atomic E-state index is 8.55. The predicted octanol–water partition coefficient (Wildman–Crippen LogP) is -24.9. The molecular formula is H44Mg3O30P2. The molecule has 0 aliphatic heterocycles. The molecular weight excluding hydrogens is 615 g/mol. The van der Waals surface area contributed by atoms with Gasteiger partial charge in [0.25, 0.3) is 0 Å². The van der Waals surface area contributed by atoms with E-state index in [-0.39, 0.29) is 190 Å². The summed E-state index contributed by atoms with van der Waals surface area (Å²) >= 11 is 0. The molecule has 35 heteroatoms. The third-order valence-electron chi connectivity index (χ3n) is 0. The van der Waals surface area contributed by atoms with E-state index >= 15 is 0 Å². The van der Waals surface area contributed by atoms with Gasteiger partial charge in [0.2, 0.25) is 0 Å². The van der Waals surface area contributed by atoms with E-state index < -0.39 is 15.6 Å². The van der Waals surface area contributed by atoms with Crippen molar-refractivity contribution in [2.45, 2.75) is 0 Å². The molecule has 44 N–H and O–H groups in total. The second kappa shape index (κ2) is 230. The zero-order valence-electron chi connectivity index (χ0n) is 17.3. The topological polar surface area (TPSA) is 865 Å². The van der Waals surface area contributed by atoms with Crippen molar-refractivity contribution in [2.75, 3.05) is 0 Å². The van der Waals surface area contributed by atoms with E-state index in [1.165, 1.54) is 0 Å². The Kier molecular flexibility index (Phi) is 3290. The van der Waals surface area contributed by atoms with Crippen LogP contribution in [0.25, 0.3) is 0 Å². The van der Waals surface area contributed by atoms with Crippen LogP contribution in [0.1, 0.15) is 0 Å². The molecule has 0 saturated carbocycles. The molecule has 0 amide bonds. The van der Waals surface area contributed by atoms with Crippen LogP contribution in [-0.4, -0.2) is 190 Å². The summed E-state index contributed by atoms with van der Waals surface area (Å²) in [4.78, 5) is 51.3. The van der Waals surface area contributed by atoms with E-state index in [1.54, 1.807) is 0 Å². The average molecular weight is 659 g/mol. The van der Waals surface area contributed by atoms with Gasteiger partial charge in [-0.25, -0.2) is 0 Å². The molecule has 0 heterocycles. The van der Waals surface area contributed by atoms with Gasteiger partial charge in [-0.1, -0.05) is 0 Å². The third kappa shape index (κ3) is 15000. The third-order valence-corrected chi connectivity index (χ3v) is 0. The molecule has 0 aliphatic carbocycles. The summed E-state index contributed by atoms with van der Waals surface area (Å²) in [5.74, 6) is 0. The van der Waals surface area contributed by atoms with Crippen molar-refractivity contribution in [3.63, 3.8) is 0 Å². The van der Waals surface area contributed by atoms with Gasteiger partial charge in [0.05, 0.1) is 0 Å². The van der Waals surface area contributed by atoms with E-state index in [9.17, 15) is 0 Å². The van der Waals surface area contributed by atoms with Gasteiger partial charge in [-0.3, -0.25) is 0 Å². The normalized spacial score (nSPS) is 3.37. The zero-order valence-corrected chi connectivity index (χ0v) is 23.3. The molecule has 0 unspecified atom stereocenters. The Morgan fingerprint density at radius 1 is 0.229 bits per heavy atom. The second-order valence-electron chi connectivity index (χ2n) is 0.894. The molecule has 0 radical (unpaired) electrons. The first kappa shape index (κ1) is 501. The van der Waals surface area contributed by atoms with Gasteiger partial charge in [-0.15, -0.1) is 0 Å². The molecule has 0 aromatic rings. The number of rotatable bonds is 0. The summed E-state index contributed by atoms with van der Waals surface area (Å²) in [6.07, 6.45) is 0. The molecule has 0 aliphatic rings. The first-order valence-corrected chi connectivity index (χ1v) is 4.38. The number of hydrogen-bond donors (Lipinski definition) is 0. The Labute approximate surface area is 243 Å². The van der Waals surface area contributed by atoms with Crippen molar-refractivity contribution in [1.82, 2.24) is 0 Å². The van der Waals surface area contributed by atoms with Gasteiger partial charge in [-0.05, 0) is 0 Å². The van der Waals surface area contributed by atoms with Crippen LogP contribution in [0.4, 0.5) is 0 Å². The molecule has 0 fully saturated rings. The molecule has 35 heavy (non-hydrogen) atoms. The monoisotopic (exact) mass is 658 g/mol. The fourth-order valence-corrected chi connectivity index (χ4v) is 0. The smallest absolute Gasteiger partial charge is 0.822 e. The summed E-state index contributed by atoms with van der Waals surface area (Å²) in [7, 11) is -10.8.